The Bertz CT molecular complexity index is 530. The van der Waals surface area contributed by atoms with Gasteiger partial charge in [-0.1, -0.05) is 0 Å². The predicted octanol–water partition coefficient (Wildman–Crippen LogP) is 1.57. The molecule has 1 fully saturated rings. The summed E-state index contributed by atoms with van der Waals surface area (Å²) in [6, 6.07) is 3.95. The maximum Gasteiger partial charge on any atom is 0.254 e. The van der Waals surface area contributed by atoms with Gasteiger partial charge in [0.2, 0.25) is 0 Å². The smallest absolute Gasteiger partial charge is 0.254 e. The molecular weight excluding hydrogens is 256 g/mol. The van der Waals surface area contributed by atoms with Gasteiger partial charge < -0.3 is 9.73 Å². The summed E-state index contributed by atoms with van der Waals surface area (Å²) in [5.41, 5.74) is 0.546. The van der Waals surface area contributed by atoms with Crippen molar-refractivity contribution in [1.29, 1.82) is 0 Å². The largest absolute Gasteiger partial charge is 0.468 e. The first kappa shape index (κ1) is 12.9. The van der Waals surface area contributed by atoms with Crippen molar-refractivity contribution in [1.82, 2.24) is 20.4 Å². The Morgan fingerprint density at radius 3 is 3.00 bits per heavy atom. The van der Waals surface area contributed by atoms with Gasteiger partial charge in [0.05, 0.1) is 24.1 Å². The maximum atomic E-state index is 12.0. The zero-order chi connectivity index (χ0) is 13.8. The normalized spacial score (nSPS) is 17.2. The van der Waals surface area contributed by atoms with Gasteiger partial charge in [-0.3, -0.25) is 14.8 Å². The molecule has 0 bridgehead atoms. The van der Waals surface area contributed by atoms with Gasteiger partial charge in [-0.2, -0.15) is 5.10 Å². The number of rotatable bonds is 5. The van der Waals surface area contributed by atoms with Gasteiger partial charge in [0.25, 0.3) is 5.91 Å². The van der Waals surface area contributed by atoms with Crippen LogP contribution in [0.25, 0.3) is 0 Å². The lowest BCUT2D eigenvalue weighted by atomic mass is 10.2. The number of carbonyl (C=O) groups excluding carboxylic acids is 1. The highest BCUT2D eigenvalue weighted by Gasteiger charge is 2.26. The molecule has 6 nitrogen and oxygen atoms in total. The number of amides is 1. The van der Waals surface area contributed by atoms with Crippen molar-refractivity contribution in [3.8, 4) is 0 Å². The third-order valence-electron chi connectivity index (χ3n) is 3.67. The van der Waals surface area contributed by atoms with Crippen LogP contribution in [-0.2, 0) is 0 Å². The van der Waals surface area contributed by atoms with Crippen molar-refractivity contribution < 1.29 is 9.21 Å². The molecule has 0 radical (unpaired) electrons. The van der Waals surface area contributed by atoms with Gasteiger partial charge in [-0.15, -0.1) is 0 Å². The zero-order valence-corrected chi connectivity index (χ0v) is 11.2. The predicted molar refractivity (Wildman–Crippen MR) is 73.2 cm³/mol. The lowest BCUT2D eigenvalue weighted by Crippen LogP contribution is -2.36. The number of aromatic nitrogens is 2. The molecule has 1 saturated heterocycles. The molecule has 3 rings (SSSR count). The second kappa shape index (κ2) is 5.92. The second-order valence-electron chi connectivity index (χ2n) is 4.97. The van der Waals surface area contributed by atoms with Gasteiger partial charge in [-0.25, -0.2) is 0 Å². The summed E-state index contributed by atoms with van der Waals surface area (Å²) < 4.78 is 5.52. The Balaban J connectivity index is 1.66. The van der Waals surface area contributed by atoms with E-state index in [-0.39, 0.29) is 11.9 Å². The molecule has 2 aromatic heterocycles. The fourth-order valence-electron chi connectivity index (χ4n) is 2.61. The number of hydrogen-bond donors (Lipinski definition) is 2. The molecule has 1 atom stereocenters. The Labute approximate surface area is 117 Å². The first-order valence-electron chi connectivity index (χ1n) is 6.89. The van der Waals surface area contributed by atoms with Crippen LogP contribution in [0.3, 0.4) is 0 Å². The summed E-state index contributed by atoms with van der Waals surface area (Å²) in [6.45, 7) is 2.64. The molecule has 1 unspecified atom stereocenters. The van der Waals surface area contributed by atoms with Crippen molar-refractivity contribution in [2.75, 3.05) is 19.6 Å². The van der Waals surface area contributed by atoms with Gasteiger partial charge in [0.15, 0.2) is 0 Å². The van der Waals surface area contributed by atoms with Crippen molar-refractivity contribution in [3.05, 3.63) is 42.1 Å². The number of H-pyrrole nitrogens is 1. The average molecular weight is 274 g/mol. The molecule has 0 aliphatic carbocycles. The molecule has 0 saturated carbocycles. The minimum absolute atomic E-state index is 0.100. The topological polar surface area (TPSA) is 74.2 Å². The Morgan fingerprint density at radius 2 is 2.35 bits per heavy atom. The van der Waals surface area contributed by atoms with Crippen LogP contribution in [0.15, 0.2) is 35.2 Å². The van der Waals surface area contributed by atoms with Gasteiger partial charge >= 0.3 is 0 Å². The number of hydrogen-bond acceptors (Lipinski definition) is 4. The molecule has 0 aromatic carbocycles. The van der Waals surface area contributed by atoms with Gasteiger partial charge in [0, 0.05) is 12.7 Å². The molecule has 1 aliphatic heterocycles. The van der Waals surface area contributed by atoms with E-state index in [0.717, 1.165) is 18.8 Å². The number of likely N-dealkylation sites (tertiary alicyclic amines) is 1. The van der Waals surface area contributed by atoms with Crippen LogP contribution in [0.5, 0.6) is 0 Å². The van der Waals surface area contributed by atoms with E-state index in [1.54, 1.807) is 12.5 Å². The summed E-state index contributed by atoms with van der Waals surface area (Å²) in [7, 11) is 0. The van der Waals surface area contributed by atoms with E-state index in [1.807, 2.05) is 12.1 Å². The fraction of sp³-hybridized carbons (Fsp3) is 0.429. The Kier molecular flexibility index (Phi) is 3.83. The molecule has 1 aliphatic rings. The summed E-state index contributed by atoms with van der Waals surface area (Å²) in [4.78, 5) is 14.3. The van der Waals surface area contributed by atoms with Crippen molar-refractivity contribution in [2.24, 2.45) is 0 Å². The molecule has 0 spiro atoms. The average Bonchev–Trinajstić information content (AvgIpc) is 3.22. The highest BCUT2D eigenvalue weighted by Crippen LogP contribution is 2.24. The Hall–Kier alpha value is -2.08. The number of aromatic amines is 1. The second-order valence-corrected chi connectivity index (χ2v) is 4.97. The first-order valence-corrected chi connectivity index (χ1v) is 6.89. The molecule has 20 heavy (non-hydrogen) atoms. The lowest BCUT2D eigenvalue weighted by molar-refractivity contribution is 0.0934. The standard InChI is InChI=1S/C14H18N4O2/c19-14(11-8-16-17-9-11)15-10-12(13-4-3-7-20-13)18-5-1-2-6-18/h3-4,7-9,12H,1-2,5-6,10H2,(H,15,19)(H,16,17). The minimum Gasteiger partial charge on any atom is -0.468 e. The monoisotopic (exact) mass is 274 g/mol. The van der Waals surface area contributed by atoms with E-state index >= 15 is 0 Å². The molecular formula is C14H18N4O2. The summed E-state index contributed by atoms with van der Waals surface area (Å²) >= 11 is 0. The van der Waals surface area contributed by atoms with Crippen LogP contribution in [-0.4, -0.2) is 40.6 Å². The number of nitrogens with one attached hydrogen (secondary N) is 2. The number of carbonyl (C=O) groups is 1. The quantitative estimate of drug-likeness (QED) is 0.868. The number of nitrogens with zero attached hydrogens (tertiary/aromatic N) is 2. The van der Waals surface area contributed by atoms with Crippen LogP contribution >= 0.6 is 0 Å². The van der Waals surface area contributed by atoms with Crippen LogP contribution in [0.4, 0.5) is 0 Å². The summed E-state index contributed by atoms with van der Waals surface area (Å²) in [5.74, 6) is 0.786. The van der Waals surface area contributed by atoms with E-state index in [0.29, 0.717) is 12.1 Å². The van der Waals surface area contributed by atoms with Crippen molar-refractivity contribution in [3.63, 3.8) is 0 Å². The zero-order valence-electron chi connectivity index (χ0n) is 11.2. The number of furan rings is 1. The van der Waals surface area contributed by atoms with Gasteiger partial charge in [-0.05, 0) is 38.1 Å². The molecule has 1 amide bonds. The van der Waals surface area contributed by atoms with E-state index in [2.05, 4.69) is 20.4 Å². The third kappa shape index (κ3) is 2.75. The van der Waals surface area contributed by atoms with E-state index in [1.165, 1.54) is 19.0 Å². The lowest BCUT2D eigenvalue weighted by Gasteiger charge is -2.25. The fourth-order valence-corrected chi connectivity index (χ4v) is 2.61. The molecule has 2 N–H and O–H groups in total. The molecule has 6 heteroatoms. The van der Waals surface area contributed by atoms with E-state index in [4.69, 9.17) is 4.42 Å². The third-order valence-corrected chi connectivity index (χ3v) is 3.67. The first-order chi connectivity index (χ1) is 9.84. The van der Waals surface area contributed by atoms with Crippen LogP contribution in [0, 0.1) is 0 Å². The Morgan fingerprint density at radius 1 is 1.50 bits per heavy atom. The van der Waals surface area contributed by atoms with Crippen molar-refractivity contribution in [2.45, 2.75) is 18.9 Å². The van der Waals surface area contributed by atoms with E-state index in [9.17, 15) is 4.79 Å². The van der Waals surface area contributed by atoms with Crippen LogP contribution in [0.1, 0.15) is 35.0 Å². The summed E-state index contributed by atoms with van der Waals surface area (Å²) in [5, 5.41) is 9.37. The minimum atomic E-state index is -0.116. The molecule has 3 heterocycles. The highest BCUT2D eigenvalue weighted by molar-refractivity contribution is 5.93. The summed E-state index contributed by atoms with van der Waals surface area (Å²) in [6.07, 6.45) is 7.19. The molecule has 106 valence electrons. The van der Waals surface area contributed by atoms with Gasteiger partial charge in [0.1, 0.15) is 5.76 Å². The van der Waals surface area contributed by atoms with Crippen molar-refractivity contribution >= 4 is 5.91 Å². The van der Waals surface area contributed by atoms with Crippen LogP contribution in [0.2, 0.25) is 0 Å². The maximum absolute atomic E-state index is 12.0. The SMILES string of the molecule is O=C(NCC(c1ccco1)N1CCCC1)c1cn[nH]c1. The molecule has 2 aromatic rings. The van der Waals surface area contributed by atoms with Crippen LogP contribution < -0.4 is 5.32 Å². The highest BCUT2D eigenvalue weighted by atomic mass is 16.3. The van der Waals surface area contributed by atoms with E-state index < -0.39 is 0 Å².